The minimum absolute atomic E-state index is 0.812. The molecule has 1 fully saturated rings. The van der Waals surface area contributed by atoms with Gasteiger partial charge < -0.3 is 14.6 Å². The zero-order chi connectivity index (χ0) is 10.7. The van der Waals surface area contributed by atoms with Gasteiger partial charge in [-0.25, -0.2) is 4.98 Å². The van der Waals surface area contributed by atoms with E-state index in [1.165, 1.54) is 5.70 Å². The highest BCUT2D eigenvalue weighted by Gasteiger charge is 2.11. The highest BCUT2D eigenvalue weighted by molar-refractivity contribution is 5.38. The summed E-state index contributed by atoms with van der Waals surface area (Å²) in [4.78, 5) is 9.81. The van der Waals surface area contributed by atoms with Crippen molar-refractivity contribution in [3.05, 3.63) is 17.0 Å². The van der Waals surface area contributed by atoms with Crippen LogP contribution in [0.5, 0.6) is 0 Å². The van der Waals surface area contributed by atoms with Gasteiger partial charge in [-0.1, -0.05) is 6.08 Å². The molecule has 4 nitrogen and oxygen atoms in total. The molecule has 0 amide bonds. The van der Waals surface area contributed by atoms with E-state index in [2.05, 4.69) is 21.8 Å². The lowest BCUT2D eigenvalue weighted by molar-refractivity contribution is 0.0629. The van der Waals surface area contributed by atoms with Crippen LogP contribution in [0, 0.1) is 0 Å². The van der Waals surface area contributed by atoms with Crippen LogP contribution in [0.1, 0.15) is 13.8 Å². The molecule has 1 aromatic rings. The first-order valence-corrected chi connectivity index (χ1v) is 5.32. The van der Waals surface area contributed by atoms with E-state index >= 15 is 0 Å². The third-order valence-corrected chi connectivity index (χ3v) is 2.79. The topological polar surface area (TPSA) is 41.2 Å². The standard InChI is InChI=1S/C11H17N3O/c1-3-10-11(13-8-12-10)9(2)14-4-6-15-7-5-14/h3,8H,4-7H2,1-2H3,(H,12,13)/b10-3+,11-9-. The van der Waals surface area contributed by atoms with E-state index in [-0.39, 0.29) is 0 Å². The number of hydrogen-bond donors (Lipinski definition) is 1. The van der Waals surface area contributed by atoms with Crippen LogP contribution in [0.3, 0.4) is 0 Å². The molecule has 15 heavy (non-hydrogen) atoms. The molecule has 0 aliphatic carbocycles. The fourth-order valence-corrected chi connectivity index (χ4v) is 1.86. The van der Waals surface area contributed by atoms with Crippen LogP contribution in [-0.4, -0.2) is 41.2 Å². The minimum Gasteiger partial charge on any atom is -0.378 e. The first-order valence-electron chi connectivity index (χ1n) is 5.32. The number of H-pyrrole nitrogens is 1. The zero-order valence-corrected chi connectivity index (χ0v) is 9.29. The predicted molar refractivity (Wildman–Crippen MR) is 59.5 cm³/mol. The maximum absolute atomic E-state index is 5.33. The van der Waals surface area contributed by atoms with Crippen molar-refractivity contribution >= 4 is 11.8 Å². The van der Waals surface area contributed by atoms with Crippen LogP contribution in [0.15, 0.2) is 6.33 Å². The first-order chi connectivity index (χ1) is 7.33. The Balaban J connectivity index is 2.39. The monoisotopic (exact) mass is 207 g/mol. The molecule has 0 spiro atoms. The number of aromatic nitrogens is 2. The van der Waals surface area contributed by atoms with Crippen LogP contribution >= 0.6 is 0 Å². The Morgan fingerprint density at radius 3 is 2.93 bits per heavy atom. The maximum Gasteiger partial charge on any atom is 0.107 e. The molecule has 1 saturated heterocycles. The second-order valence-corrected chi connectivity index (χ2v) is 3.64. The molecular formula is C11H17N3O. The summed E-state index contributed by atoms with van der Waals surface area (Å²) >= 11 is 0. The quantitative estimate of drug-likeness (QED) is 0.685. The number of nitrogens with one attached hydrogen (secondary N) is 1. The highest BCUT2D eigenvalue weighted by Crippen LogP contribution is 2.04. The smallest absolute Gasteiger partial charge is 0.107 e. The van der Waals surface area contributed by atoms with Crippen molar-refractivity contribution in [1.29, 1.82) is 0 Å². The summed E-state index contributed by atoms with van der Waals surface area (Å²) in [6, 6.07) is 0. The molecule has 0 atom stereocenters. The number of imidazole rings is 1. The Hall–Kier alpha value is -1.29. The lowest BCUT2D eigenvalue weighted by Crippen LogP contribution is -2.39. The number of nitrogens with zero attached hydrogens (tertiary/aromatic N) is 2. The Morgan fingerprint density at radius 1 is 1.53 bits per heavy atom. The van der Waals surface area contributed by atoms with Crippen molar-refractivity contribution in [3.63, 3.8) is 0 Å². The molecule has 0 radical (unpaired) electrons. The zero-order valence-electron chi connectivity index (χ0n) is 9.29. The summed E-state index contributed by atoms with van der Waals surface area (Å²) in [5.41, 5.74) is 1.23. The van der Waals surface area contributed by atoms with Crippen LogP contribution in [-0.2, 0) is 4.74 Å². The summed E-state index contributed by atoms with van der Waals surface area (Å²) in [5, 5.41) is 2.15. The van der Waals surface area contributed by atoms with Crippen molar-refractivity contribution < 1.29 is 4.74 Å². The fourth-order valence-electron chi connectivity index (χ4n) is 1.86. The number of hydrogen-bond acceptors (Lipinski definition) is 3. The van der Waals surface area contributed by atoms with Crippen molar-refractivity contribution in [1.82, 2.24) is 14.9 Å². The normalized spacial score (nSPS) is 20.7. The van der Waals surface area contributed by atoms with Gasteiger partial charge in [0.1, 0.15) is 5.35 Å². The largest absolute Gasteiger partial charge is 0.378 e. The van der Waals surface area contributed by atoms with Gasteiger partial charge >= 0.3 is 0 Å². The van der Waals surface area contributed by atoms with Gasteiger partial charge in [-0.05, 0) is 13.8 Å². The summed E-state index contributed by atoms with van der Waals surface area (Å²) in [5.74, 6) is 0. The molecule has 1 aliphatic heterocycles. The summed E-state index contributed by atoms with van der Waals surface area (Å²) < 4.78 is 5.33. The van der Waals surface area contributed by atoms with Gasteiger partial charge in [-0.3, -0.25) is 0 Å². The third kappa shape index (κ3) is 2.04. The molecule has 2 heterocycles. The minimum atomic E-state index is 0.812. The van der Waals surface area contributed by atoms with Crippen LogP contribution < -0.4 is 10.7 Å². The lowest BCUT2D eigenvalue weighted by atomic mass is 10.3. The number of aromatic amines is 1. The molecule has 0 bridgehead atoms. The van der Waals surface area contributed by atoms with E-state index in [0.29, 0.717) is 0 Å². The van der Waals surface area contributed by atoms with Gasteiger partial charge in [0.15, 0.2) is 0 Å². The summed E-state index contributed by atoms with van der Waals surface area (Å²) in [7, 11) is 0. The molecule has 0 saturated carbocycles. The number of morpholine rings is 1. The molecule has 4 heteroatoms. The van der Waals surface area contributed by atoms with Crippen molar-refractivity contribution in [2.45, 2.75) is 13.8 Å². The Morgan fingerprint density at radius 2 is 2.27 bits per heavy atom. The van der Waals surface area contributed by atoms with Gasteiger partial charge in [0.2, 0.25) is 0 Å². The Labute approximate surface area is 89.3 Å². The maximum atomic E-state index is 5.33. The van der Waals surface area contributed by atoms with E-state index < -0.39 is 0 Å². The Kier molecular flexibility index (Phi) is 3.06. The van der Waals surface area contributed by atoms with Crippen molar-refractivity contribution in [2.24, 2.45) is 0 Å². The van der Waals surface area contributed by atoms with Crippen LogP contribution in [0.2, 0.25) is 0 Å². The molecule has 0 aromatic carbocycles. The van der Waals surface area contributed by atoms with E-state index in [1.807, 2.05) is 13.0 Å². The summed E-state index contributed by atoms with van der Waals surface area (Å²) in [6.07, 6.45) is 3.79. The third-order valence-electron chi connectivity index (χ3n) is 2.79. The van der Waals surface area contributed by atoms with Gasteiger partial charge in [0.25, 0.3) is 0 Å². The molecule has 1 aromatic heterocycles. The second kappa shape index (κ2) is 4.49. The van der Waals surface area contributed by atoms with Crippen molar-refractivity contribution in [2.75, 3.05) is 26.3 Å². The molecule has 2 rings (SSSR count). The lowest BCUT2D eigenvalue weighted by Gasteiger charge is -2.28. The Bertz CT molecular complexity index is 429. The molecule has 0 unspecified atom stereocenters. The second-order valence-electron chi connectivity index (χ2n) is 3.64. The average Bonchev–Trinajstić information content (AvgIpc) is 2.77. The predicted octanol–water partition coefficient (Wildman–Crippen LogP) is -0.330. The first kappa shape index (κ1) is 10.2. The van der Waals surface area contributed by atoms with Gasteiger partial charge in [-0.15, -0.1) is 0 Å². The van der Waals surface area contributed by atoms with E-state index in [1.54, 1.807) is 6.33 Å². The van der Waals surface area contributed by atoms with Crippen LogP contribution in [0.25, 0.3) is 11.8 Å². The van der Waals surface area contributed by atoms with E-state index in [0.717, 1.165) is 37.0 Å². The van der Waals surface area contributed by atoms with Crippen LogP contribution in [0.4, 0.5) is 0 Å². The van der Waals surface area contributed by atoms with Gasteiger partial charge in [0.05, 0.1) is 24.9 Å². The fraction of sp³-hybridized carbons (Fsp3) is 0.545. The molecule has 1 N–H and O–H groups in total. The number of rotatable bonds is 1. The molecule has 82 valence electrons. The molecule has 1 aliphatic rings. The van der Waals surface area contributed by atoms with E-state index in [4.69, 9.17) is 4.74 Å². The SMILES string of the molecule is C/C=c1/[nH]cn/c1=C(/C)N1CCOCC1. The van der Waals surface area contributed by atoms with Gasteiger partial charge in [0, 0.05) is 18.8 Å². The van der Waals surface area contributed by atoms with Gasteiger partial charge in [-0.2, -0.15) is 0 Å². The van der Waals surface area contributed by atoms with E-state index in [9.17, 15) is 0 Å². The van der Waals surface area contributed by atoms with Crippen molar-refractivity contribution in [3.8, 4) is 0 Å². The highest BCUT2D eigenvalue weighted by atomic mass is 16.5. The molecular weight excluding hydrogens is 190 g/mol. The average molecular weight is 207 g/mol. The summed E-state index contributed by atoms with van der Waals surface area (Å²) in [6.45, 7) is 7.68. The number of ether oxygens (including phenoxy) is 1.